The summed E-state index contributed by atoms with van der Waals surface area (Å²) in [6.07, 6.45) is 0.321. The molecule has 3 rings (SSSR count). The quantitative estimate of drug-likeness (QED) is 0.529. The zero-order valence-corrected chi connectivity index (χ0v) is 16.5. The maximum Gasteiger partial charge on any atom is 0.174 e. The molecule has 0 radical (unpaired) electrons. The van der Waals surface area contributed by atoms with E-state index in [-0.39, 0.29) is 6.61 Å². The summed E-state index contributed by atoms with van der Waals surface area (Å²) >= 11 is 3.47. The molecule has 0 aliphatic carbocycles. The third kappa shape index (κ3) is 4.07. The van der Waals surface area contributed by atoms with Crippen LogP contribution in [0.15, 0.2) is 83.3 Å². The van der Waals surface area contributed by atoms with Crippen LogP contribution in [-0.4, -0.2) is 6.61 Å². The molecule has 3 nitrogen and oxygen atoms in total. The Balaban J connectivity index is 2.10. The number of benzene rings is 3. The van der Waals surface area contributed by atoms with Crippen LogP contribution in [0.3, 0.4) is 0 Å². The van der Waals surface area contributed by atoms with E-state index in [1.165, 1.54) is 0 Å². The second kappa shape index (κ2) is 8.36. The highest BCUT2D eigenvalue weighted by atomic mass is 79.9. The van der Waals surface area contributed by atoms with Crippen LogP contribution < -0.4 is 15.3 Å². The highest BCUT2D eigenvalue weighted by molar-refractivity contribution is 9.10. The standard InChI is InChI=1S/C21H17BrNO2P/c22-18-11-12-21(25-14-13-23)17(15-18)16-26(24,19-7-3-1-4-8-19)20-9-5-2-6-10-20/h1-12,15H,14,16H2. The smallest absolute Gasteiger partial charge is 0.174 e. The summed E-state index contributed by atoms with van der Waals surface area (Å²) in [5, 5.41) is 10.4. The molecule has 0 atom stereocenters. The van der Waals surface area contributed by atoms with Gasteiger partial charge in [0, 0.05) is 26.8 Å². The first kappa shape index (κ1) is 18.5. The van der Waals surface area contributed by atoms with Crippen LogP contribution in [0.2, 0.25) is 0 Å². The number of ether oxygens (including phenoxy) is 1. The van der Waals surface area contributed by atoms with Crippen molar-refractivity contribution in [1.29, 1.82) is 5.26 Å². The lowest BCUT2D eigenvalue weighted by Crippen LogP contribution is -2.17. The van der Waals surface area contributed by atoms with Crippen molar-refractivity contribution < 1.29 is 9.30 Å². The van der Waals surface area contributed by atoms with E-state index in [2.05, 4.69) is 15.9 Å². The topological polar surface area (TPSA) is 50.1 Å². The summed E-state index contributed by atoms with van der Waals surface area (Å²) in [5.74, 6) is 0.585. The molecule has 0 aromatic heterocycles. The summed E-state index contributed by atoms with van der Waals surface area (Å²) in [4.78, 5) is 0. The van der Waals surface area contributed by atoms with Gasteiger partial charge in [0.1, 0.15) is 19.0 Å². The first-order valence-electron chi connectivity index (χ1n) is 8.12. The molecule has 0 fully saturated rings. The molecule has 0 bridgehead atoms. The Kier molecular flexibility index (Phi) is 5.93. The van der Waals surface area contributed by atoms with Crippen molar-refractivity contribution in [1.82, 2.24) is 0 Å². The molecule has 0 spiro atoms. The van der Waals surface area contributed by atoms with E-state index >= 15 is 0 Å². The van der Waals surface area contributed by atoms with E-state index in [1.54, 1.807) is 6.07 Å². The van der Waals surface area contributed by atoms with Gasteiger partial charge in [0.2, 0.25) is 0 Å². The van der Waals surface area contributed by atoms with Crippen molar-refractivity contribution in [3.8, 4) is 11.8 Å². The molecular formula is C21H17BrNO2P. The van der Waals surface area contributed by atoms with Gasteiger partial charge >= 0.3 is 0 Å². The molecule has 130 valence electrons. The summed E-state index contributed by atoms with van der Waals surface area (Å²) in [7, 11) is -2.91. The minimum absolute atomic E-state index is 0.0460. The average Bonchev–Trinajstić information content (AvgIpc) is 2.69. The molecular weight excluding hydrogens is 409 g/mol. The summed E-state index contributed by atoms with van der Waals surface area (Å²) in [6.45, 7) is -0.0460. The van der Waals surface area contributed by atoms with Crippen molar-refractivity contribution in [3.05, 3.63) is 88.9 Å². The molecule has 26 heavy (non-hydrogen) atoms. The van der Waals surface area contributed by atoms with E-state index in [1.807, 2.05) is 78.9 Å². The number of hydrogen-bond donors (Lipinski definition) is 0. The maximum absolute atomic E-state index is 14.2. The zero-order valence-electron chi connectivity index (χ0n) is 14.0. The van der Waals surface area contributed by atoms with Gasteiger partial charge in [-0.3, -0.25) is 0 Å². The number of rotatable bonds is 6. The van der Waals surface area contributed by atoms with Crippen molar-refractivity contribution >= 4 is 33.7 Å². The van der Waals surface area contributed by atoms with Crippen LogP contribution in [-0.2, 0) is 10.7 Å². The Bertz CT molecular complexity index is 925. The van der Waals surface area contributed by atoms with Crippen molar-refractivity contribution in [2.75, 3.05) is 6.61 Å². The Morgan fingerprint density at radius 2 is 1.50 bits per heavy atom. The highest BCUT2D eigenvalue weighted by Crippen LogP contribution is 2.48. The summed E-state index contributed by atoms with van der Waals surface area (Å²) < 4.78 is 20.6. The monoisotopic (exact) mass is 425 g/mol. The van der Waals surface area contributed by atoms with Crippen LogP contribution in [0.5, 0.6) is 5.75 Å². The van der Waals surface area contributed by atoms with Crippen LogP contribution in [0.4, 0.5) is 0 Å². The predicted molar refractivity (Wildman–Crippen MR) is 109 cm³/mol. The molecule has 0 aliphatic rings. The molecule has 0 saturated heterocycles. The maximum atomic E-state index is 14.2. The molecule has 0 amide bonds. The lowest BCUT2D eigenvalue weighted by atomic mass is 10.2. The van der Waals surface area contributed by atoms with Gasteiger partial charge in [-0.1, -0.05) is 76.6 Å². The Labute approximate surface area is 161 Å². The van der Waals surface area contributed by atoms with Crippen LogP contribution >= 0.6 is 23.1 Å². The number of hydrogen-bond acceptors (Lipinski definition) is 3. The van der Waals surface area contributed by atoms with Crippen molar-refractivity contribution in [3.63, 3.8) is 0 Å². The van der Waals surface area contributed by atoms with Gasteiger partial charge in [-0.05, 0) is 18.2 Å². The molecule has 0 aliphatic heterocycles. The first-order valence-corrected chi connectivity index (χ1v) is 10.8. The van der Waals surface area contributed by atoms with Gasteiger partial charge in [-0.15, -0.1) is 0 Å². The SMILES string of the molecule is N#CCOc1ccc(Br)cc1CP(=O)(c1ccccc1)c1ccccc1. The van der Waals surface area contributed by atoms with Gasteiger partial charge in [-0.25, -0.2) is 0 Å². The fourth-order valence-corrected chi connectivity index (χ4v) is 5.94. The summed E-state index contributed by atoms with van der Waals surface area (Å²) in [6, 6.07) is 26.6. The van der Waals surface area contributed by atoms with E-state index in [0.29, 0.717) is 11.9 Å². The van der Waals surface area contributed by atoms with Crippen LogP contribution in [0.25, 0.3) is 0 Å². The van der Waals surface area contributed by atoms with Gasteiger partial charge in [0.05, 0.1) is 0 Å². The second-order valence-electron chi connectivity index (χ2n) is 5.77. The number of nitriles is 1. The predicted octanol–water partition coefficient (Wildman–Crippen LogP) is 4.87. The molecule has 3 aromatic carbocycles. The van der Waals surface area contributed by atoms with Crippen molar-refractivity contribution in [2.24, 2.45) is 0 Å². The lowest BCUT2D eigenvalue weighted by Gasteiger charge is -2.21. The Morgan fingerprint density at radius 1 is 0.923 bits per heavy atom. The van der Waals surface area contributed by atoms with Gasteiger partial charge < -0.3 is 9.30 Å². The number of nitrogens with zero attached hydrogens (tertiary/aromatic N) is 1. The van der Waals surface area contributed by atoms with E-state index in [4.69, 9.17) is 10.00 Å². The molecule has 5 heteroatoms. The number of halogens is 1. The van der Waals surface area contributed by atoms with Crippen LogP contribution in [0, 0.1) is 11.3 Å². The average molecular weight is 426 g/mol. The second-order valence-corrected chi connectivity index (χ2v) is 9.51. The minimum Gasteiger partial charge on any atom is -0.478 e. The fourth-order valence-electron chi connectivity index (χ4n) is 2.83. The highest BCUT2D eigenvalue weighted by Gasteiger charge is 2.28. The first-order chi connectivity index (χ1) is 12.6. The van der Waals surface area contributed by atoms with Gasteiger partial charge in [0.15, 0.2) is 6.61 Å². The third-order valence-corrected chi connectivity index (χ3v) is 7.60. The summed E-state index contributed by atoms with van der Waals surface area (Å²) in [5.41, 5.74) is 0.811. The van der Waals surface area contributed by atoms with Gasteiger partial charge in [-0.2, -0.15) is 5.26 Å². The third-order valence-electron chi connectivity index (χ3n) is 4.05. The van der Waals surface area contributed by atoms with E-state index < -0.39 is 7.14 Å². The molecule has 0 N–H and O–H groups in total. The normalized spacial score (nSPS) is 10.9. The van der Waals surface area contributed by atoms with Crippen molar-refractivity contribution in [2.45, 2.75) is 6.16 Å². The Morgan fingerprint density at radius 3 is 2.04 bits per heavy atom. The minimum atomic E-state index is -2.91. The largest absolute Gasteiger partial charge is 0.478 e. The zero-order chi connectivity index (χ0) is 18.4. The fraction of sp³-hybridized carbons (Fsp3) is 0.0952. The lowest BCUT2D eigenvalue weighted by molar-refractivity contribution is 0.365. The Hall–Kier alpha value is -2.34. The molecule has 0 unspecified atom stereocenters. The van der Waals surface area contributed by atoms with E-state index in [0.717, 1.165) is 20.6 Å². The molecule has 0 heterocycles. The van der Waals surface area contributed by atoms with Crippen LogP contribution in [0.1, 0.15) is 5.56 Å². The van der Waals surface area contributed by atoms with E-state index in [9.17, 15) is 4.57 Å². The molecule has 3 aromatic rings. The molecule has 0 saturated carbocycles. The van der Waals surface area contributed by atoms with Gasteiger partial charge in [0.25, 0.3) is 0 Å².